The van der Waals surface area contributed by atoms with Crippen molar-refractivity contribution in [3.05, 3.63) is 72.3 Å². The number of carbonyl (C=O) groups is 3. The van der Waals surface area contributed by atoms with Gasteiger partial charge in [0, 0.05) is 5.56 Å². The average Bonchev–Trinajstić information content (AvgIpc) is 3.00. The van der Waals surface area contributed by atoms with Gasteiger partial charge in [-0.2, -0.15) is 0 Å². The molecule has 0 spiro atoms. The molecular formula is C24H23NO4. The Balaban J connectivity index is 1.48. The SMILES string of the molecule is CC(Oc1ccc(N2C(=O)C3CC=CC(C)C3C2=O)cc1)C(=O)c1ccccc1. The summed E-state index contributed by atoms with van der Waals surface area (Å²) in [7, 11) is 0. The van der Waals surface area contributed by atoms with Crippen LogP contribution in [0.3, 0.4) is 0 Å². The second-order valence-corrected chi connectivity index (χ2v) is 7.65. The number of rotatable bonds is 5. The maximum absolute atomic E-state index is 12.9. The van der Waals surface area contributed by atoms with Gasteiger partial charge in [0.25, 0.3) is 0 Å². The molecule has 148 valence electrons. The normalized spacial score (nSPS) is 24.3. The predicted molar refractivity (Wildman–Crippen MR) is 110 cm³/mol. The molecule has 2 amide bonds. The first-order chi connectivity index (χ1) is 14.0. The predicted octanol–water partition coefficient (Wildman–Crippen LogP) is 4.04. The second kappa shape index (κ2) is 7.66. The number of imide groups is 1. The quantitative estimate of drug-likeness (QED) is 0.440. The molecular weight excluding hydrogens is 366 g/mol. The van der Waals surface area contributed by atoms with E-state index < -0.39 is 6.10 Å². The van der Waals surface area contributed by atoms with Crippen LogP contribution in [0.25, 0.3) is 0 Å². The first kappa shape index (κ1) is 19.1. The van der Waals surface area contributed by atoms with Gasteiger partial charge in [-0.05, 0) is 43.5 Å². The number of nitrogens with zero attached hydrogens (tertiary/aromatic N) is 1. The van der Waals surface area contributed by atoms with Gasteiger partial charge in [0.15, 0.2) is 6.10 Å². The van der Waals surface area contributed by atoms with Crippen molar-refractivity contribution in [2.24, 2.45) is 17.8 Å². The first-order valence-electron chi connectivity index (χ1n) is 9.88. The molecule has 4 atom stereocenters. The number of carbonyl (C=O) groups excluding carboxylic acids is 3. The Morgan fingerprint density at radius 2 is 1.72 bits per heavy atom. The van der Waals surface area contributed by atoms with Crippen molar-refractivity contribution < 1.29 is 19.1 Å². The molecule has 2 aromatic carbocycles. The van der Waals surface area contributed by atoms with Gasteiger partial charge in [0.2, 0.25) is 17.6 Å². The van der Waals surface area contributed by atoms with E-state index in [1.54, 1.807) is 43.3 Å². The van der Waals surface area contributed by atoms with Gasteiger partial charge in [-0.1, -0.05) is 49.4 Å². The number of amides is 2. The third kappa shape index (κ3) is 3.48. The molecule has 1 aliphatic carbocycles. The summed E-state index contributed by atoms with van der Waals surface area (Å²) in [6.45, 7) is 3.68. The van der Waals surface area contributed by atoms with Crippen LogP contribution in [-0.4, -0.2) is 23.7 Å². The van der Waals surface area contributed by atoms with Gasteiger partial charge in [-0.25, -0.2) is 0 Å². The van der Waals surface area contributed by atoms with Gasteiger partial charge >= 0.3 is 0 Å². The molecule has 0 radical (unpaired) electrons. The van der Waals surface area contributed by atoms with E-state index in [1.807, 2.05) is 37.3 Å². The fraction of sp³-hybridized carbons (Fsp3) is 0.292. The standard InChI is InChI=1S/C24H23NO4/c1-15-7-6-10-20-21(15)24(28)25(23(20)27)18-11-13-19(14-12-18)29-16(2)22(26)17-8-4-3-5-9-17/h3-9,11-16,20-21H,10H2,1-2H3. The lowest BCUT2D eigenvalue weighted by Crippen LogP contribution is -2.31. The van der Waals surface area contributed by atoms with Crippen molar-refractivity contribution in [1.29, 1.82) is 0 Å². The number of ketones is 1. The number of fused-ring (bicyclic) bond motifs is 1. The first-order valence-corrected chi connectivity index (χ1v) is 9.88. The lowest BCUT2D eigenvalue weighted by Gasteiger charge is -2.22. The van der Waals surface area contributed by atoms with Crippen LogP contribution in [-0.2, 0) is 9.59 Å². The summed E-state index contributed by atoms with van der Waals surface area (Å²) in [6, 6.07) is 15.8. The summed E-state index contributed by atoms with van der Waals surface area (Å²) < 4.78 is 5.77. The molecule has 29 heavy (non-hydrogen) atoms. The fourth-order valence-corrected chi connectivity index (χ4v) is 4.17. The van der Waals surface area contributed by atoms with Gasteiger partial charge in [-0.3, -0.25) is 19.3 Å². The summed E-state index contributed by atoms with van der Waals surface area (Å²) in [6.07, 6.45) is 3.96. The number of allylic oxidation sites excluding steroid dienone is 2. The van der Waals surface area contributed by atoms with E-state index in [1.165, 1.54) is 4.90 Å². The highest BCUT2D eigenvalue weighted by molar-refractivity contribution is 6.22. The number of hydrogen-bond donors (Lipinski definition) is 0. The summed E-state index contributed by atoms with van der Waals surface area (Å²) in [5.74, 6) is -0.380. The Labute approximate surface area is 170 Å². The van der Waals surface area contributed by atoms with Crippen LogP contribution in [0.5, 0.6) is 5.75 Å². The lowest BCUT2D eigenvalue weighted by molar-refractivity contribution is -0.122. The van der Waals surface area contributed by atoms with E-state index >= 15 is 0 Å². The van der Waals surface area contributed by atoms with Gasteiger partial charge in [-0.15, -0.1) is 0 Å². The molecule has 4 rings (SSSR count). The van der Waals surface area contributed by atoms with Gasteiger partial charge < -0.3 is 4.74 Å². The summed E-state index contributed by atoms with van der Waals surface area (Å²) in [5.41, 5.74) is 1.13. The van der Waals surface area contributed by atoms with Crippen LogP contribution in [0.1, 0.15) is 30.6 Å². The zero-order chi connectivity index (χ0) is 20.5. The van der Waals surface area contributed by atoms with Crippen LogP contribution in [0, 0.1) is 17.8 Å². The van der Waals surface area contributed by atoms with E-state index in [0.717, 1.165) is 0 Å². The summed E-state index contributed by atoms with van der Waals surface area (Å²) >= 11 is 0. The topological polar surface area (TPSA) is 63.7 Å². The highest BCUT2D eigenvalue weighted by Crippen LogP contribution is 2.40. The van der Waals surface area contributed by atoms with E-state index in [-0.39, 0.29) is 35.4 Å². The summed E-state index contributed by atoms with van der Waals surface area (Å²) in [5, 5.41) is 0. The minimum Gasteiger partial charge on any atom is -0.483 e. The van der Waals surface area contributed by atoms with Crippen LogP contribution >= 0.6 is 0 Å². The molecule has 5 nitrogen and oxygen atoms in total. The Hall–Kier alpha value is -3.21. The molecule has 1 saturated heterocycles. The Morgan fingerprint density at radius 3 is 2.38 bits per heavy atom. The minimum atomic E-state index is -0.645. The van der Waals surface area contributed by atoms with Crippen molar-refractivity contribution in [3.63, 3.8) is 0 Å². The third-order valence-electron chi connectivity index (χ3n) is 5.71. The van der Waals surface area contributed by atoms with Crippen molar-refractivity contribution in [2.45, 2.75) is 26.4 Å². The Bertz CT molecular complexity index is 964. The number of ether oxygens (including phenoxy) is 1. The monoisotopic (exact) mass is 389 g/mol. The number of anilines is 1. The third-order valence-corrected chi connectivity index (χ3v) is 5.71. The molecule has 2 aromatic rings. The van der Waals surface area contributed by atoms with E-state index in [0.29, 0.717) is 23.4 Å². The van der Waals surface area contributed by atoms with Crippen LogP contribution < -0.4 is 9.64 Å². The molecule has 0 saturated carbocycles. The van der Waals surface area contributed by atoms with Crippen molar-refractivity contribution in [1.82, 2.24) is 0 Å². The highest BCUT2D eigenvalue weighted by Gasteiger charge is 2.50. The number of benzene rings is 2. The van der Waals surface area contributed by atoms with E-state index in [4.69, 9.17) is 4.74 Å². The maximum atomic E-state index is 12.9. The molecule has 0 aromatic heterocycles. The zero-order valence-electron chi connectivity index (χ0n) is 16.4. The van der Waals surface area contributed by atoms with E-state index in [9.17, 15) is 14.4 Å². The number of Topliss-reactive ketones (excluding diaryl/α,β-unsaturated/α-hetero) is 1. The molecule has 0 N–H and O–H groups in total. The molecule has 1 aliphatic heterocycles. The largest absolute Gasteiger partial charge is 0.483 e. The highest BCUT2D eigenvalue weighted by atomic mass is 16.5. The minimum absolute atomic E-state index is 0.0580. The smallest absolute Gasteiger partial charge is 0.238 e. The molecule has 4 unspecified atom stereocenters. The van der Waals surface area contributed by atoms with Crippen molar-refractivity contribution >= 4 is 23.3 Å². The van der Waals surface area contributed by atoms with Crippen molar-refractivity contribution in [2.75, 3.05) is 4.90 Å². The zero-order valence-corrected chi connectivity index (χ0v) is 16.4. The second-order valence-electron chi connectivity index (χ2n) is 7.65. The Morgan fingerprint density at radius 1 is 1.03 bits per heavy atom. The van der Waals surface area contributed by atoms with Crippen molar-refractivity contribution in [3.8, 4) is 5.75 Å². The van der Waals surface area contributed by atoms with E-state index in [2.05, 4.69) is 0 Å². The van der Waals surface area contributed by atoms with Gasteiger partial charge in [0.1, 0.15) is 5.75 Å². The van der Waals surface area contributed by atoms with Crippen LogP contribution in [0.2, 0.25) is 0 Å². The van der Waals surface area contributed by atoms with Crippen LogP contribution in [0.15, 0.2) is 66.7 Å². The lowest BCUT2D eigenvalue weighted by atomic mass is 9.78. The molecule has 1 heterocycles. The summed E-state index contributed by atoms with van der Waals surface area (Å²) in [4.78, 5) is 39.4. The molecule has 5 heteroatoms. The maximum Gasteiger partial charge on any atom is 0.238 e. The fourth-order valence-electron chi connectivity index (χ4n) is 4.17. The van der Waals surface area contributed by atoms with Crippen LogP contribution in [0.4, 0.5) is 5.69 Å². The molecule has 1 fully saturated rings. The average molecular weight is 389 g/mol. The van der Waals surface area contributed by atoms with Gasteiger partial charge in [0.05, 0.1) is 17.5 Å². The molecule has 0 bridgehead atoms. The molecule has 2 aliphatic rings. The number of hydrogen-bond acceptors (Lipinski definition) is 4. The Kier molecular flexibility index (Phi) is 5.05.